The molecule has 138 valence electrons. The number of anilines is 1. The van der Waals surface area contributed by atoms with Crippen LogP contribution in [0.2, 0.25) is 0 Å². The number of phenolic OH excluding ortho intramolecular Hbond substituents is 1. The van der Waals surface area contributed by atoms with E-state index in [-0.39, 0.29) is 16.4 Å². The van der Waals surface area contributed by atoms with E-state index in [2.05, 4.69) is 5.32 Å². The number of rotatable bonds is 3. The molecule has 0 radical (unpaired) electrons. The van der Waals surface area contributed by atoms with E-state index in [1.165, 1.54) is 24.2 Å². The minimum Gasteiger partial charge on any atom is -0.504 e. The van der Waals surface area contributed by atoms with Gasteiger partial charge in [0.05, 0.1) is 12.8 Å². The molecule has 1 saturated heterocycles. The molecule has 0 saturated carbocycles. The fourth-order valence-electron chi connectivity index (χ4n) is 2.82. The van der Waals surface area contributed by atoms with Gasteiger partial charge in [0, 0.05) is 0 Å². The first-order valence-corrected chi connectivity index (χ1v) is 8.59. The van der Waals surface area contributed by atoms with Gasteiger partial charge in [0.25, 0.3) is 11.8 Å². The van der Waals surface area contributed by atoms with Gasteiger partial charge in [0.2, 0.25) is 0 Å². The van der Waals surface area contributed by atoms with Crippen molar-refractivity contribution in [2.24, 2.45) is 0 Å². The summed E-state index contributed by atoms with van der Waals surface area (Å²) >= 11 is 5.23. The van der Waals surface area contributed by atoms with Crippen molar-refractivity contribution in [3.8, 4) is 11.5 Å². The van der Waals surface area contributed by atoms with Crippen LogP contribution < -0.4 is 15.0 Å². The van der Waals surface area contributed by atoms with Crippen LogP contribution in [-0.2, 0) is 9.59 Å². The molecule has 0 aliphatic carbocycles. The lowest BCUT2D eigenvalue weighted by atomic mass is 10.0. The number of methoxy groups -OCH3 is 1. The summed E-state index contributed by atoms with van der Waals surface area (Å²) < 4.78 is 5.00. The number of amides is 2. The molecule has 0 bridgehead atoms. The van der Waals surface area contributed by atoms with Gasteiger partial charge in [0.15, 0.2) is 16.6 Å². The standard InChI is InChI=1S/C20H18N2O4S/c1-11-5-4-6-15(12(11)2)22-19(25)14(18(24)21-20(22)27)9-13-7-8-17(26-3)16(23)10-13/h4-10,23H,1-3H3,(H,21,24,27). The van der Waals surface area contributed by atoms with Crippen LogP contribution in [-0.4, -0.2) is 29.1 Å². The highest BCUT2D eigenvalue weighted by Crippen LogP contribution is 2.29. The first-order valence-electron chi connectivity index (χ1n) is 8.18. The number of thiocarbonyl (C=S) groups is 1. The van der Waals surface area contributed by atoms with Crippen LogP contribution in [0.5, 0.6) is 11.5 Å². The van der Waals surface area contributed by atoms with Gasteiger partial charge >= 0.3 is 0 Å². The predicted octanol–water partition coefficient (Wildman–Crippen LogP) is 2.85. The van der Waals surface area contributed by atoms with E-state index in [4.69, 9.17) is 17.0 Å². The van der Waals surface area contributed by atoms with E-state index in [1.807, 2.05) is 26.0 Å². The maximum absolute atomic E-state index is 13.0. The Morgan fingerprint density at radius 3 is 2.59 bits per heavy atom. The fraction of sp³-hybridized carbons (Fsp3) is 0.150. The number of nitrogens with one attached hydrogen (secondary N) is 1. The molecule has 1 aliphatic rings. The molecule has 6 nitrogen and oxygen atoms in total. The number of carbonyl (C=O) groups excluding carboxylic acids is 2. The fourth-order valence-corrected chi connectivity index (χ4v) is 3.09. The lowest BCUT2D eigenvalue weighted by Gasteiger charge is -2.30. The van der Waals surface area contributed by atoms with Gasteiger partial charge in [0.1, 0.15) is 5.57 Å². The van der Waals surface area contributed by atoms with Crippen molar-refractivity contribution < 1.29 is 19.4 Å². The monoisotopic (exact) mass is 382 g/mol. The summed E-state index contributed by atoms with van der Waals surface area (Å²) in [6.07, 6.45) is 1.41. The van der Waals surface area contributed by atoms with Crippen molar-refractivity contribution in [1.29, 1.82) is 0 Å². The Morgan fingerprint density at radius 1 is 1.19 bits per heavy atom. The van der Waals surface area contributed by atoms with Crippen LogP contribution >= 0.6 is 12.2 Å². The molecular weight excluding hydrogens is 364 g/mol. The second-order valence-electron chi connectivity index (χ2n) is 6.11. The minimum atomic E-state index is -0.582. The third kappa shape index (κ3) is 3.41. The molecule has 1 heterocycles. The Labute approximate surface area is 162 Å². The highest BCUT2D eigenvalue weighted by Gasteiger charge is 2.35. The zero-order valence-electron chi connectivity index (χ0n) is 15.1. The molecule has 2 aromatic rings. The number of phenols is 1. The zero-order valence-corrected chi connectivity index (χ0v) is 15.9. The van der Waals surface area contributed by atoms with Crippen molar-refractivity contribution in [3.63, 3.8) is 0 Å². The Balaban J connectivity index is 2.05. The second-order valence-corrected chi connectivity index (χ2v) is 6.49. The van der Waals surface area contributed by atoms with Crippen LogP contribution in [0.25, 0.3) is 6.08 Å². The second kappa shape index (κ2) is 7.20. The number of nitrogens with zero attached hydrogens (tertiary/aromatic N) is 1. The number of benzene rings is 2. The molecular formula is C20H18N2O4S. The lowest BCUT2D eigenvalue weighted by molar-refractivity contribution is -0.122. The molecule has 1 aliphatic heterocycles. The third-order valence-electron chi connectivity index (χ3n) is 4.43. The average molecular weight is 382 g/mol. The van der Waals surface area contributed by atoms with Crippen molar-refractivity contribution in [3.05, 3.63) is 58.7 Å². The smallest absolute Gasteiger partial charge is 0.270 e. The summed E-state index contributed by atoms with van der Waals surface area (Å²) in [7, 11) is 1.44. The maximum atomic E-state index is 13.0. The summed E-state index contributed by atoms with van der Waals surface area (Å²) in [4.78, 5) is 26.7. The van der Waals surface area contributed by atoms with E-state index in [0.29, 0.717) is 17.0 Å². The van der Waals surface area contributed by atoms with E-state index in [9.17, 15) is 14.7 Å². The highest BCUT2D eigenvalue weighted by atomic mass is 32.1. The lowest BCUT2D eigenvalue weighted by Crippen LogP contribution is -2.54. The van der Waals surface area contributed by atoms with E-state index < -0.39 is 11.8 Å². The van der Waals surface area contributed by atoms with Crippen LogP contribution in [0.4, 0.5) is 5.69 Å². The molecule has 0 aromatic heterocycles. The number of aryl methyl sites for hydroxylation is 1. The van der Waals surface area contributed by atoms with Crippen LogP contribution in [0, 0.1) is 13.8 Å². The molecule has 0 atom stereocenters. The van der Waals surface area contributed by atoms with Gasteiger partial charge in [-0.1, -0.05) is 18.2 Å². The average Bonchev–Trinajstić information content (AvgIpc) is 2.62. The molecule has 2 aromatic carbocycles. The van der Waals surface area contributed by atoms with Gasteiger partial charge < -0.3 is 9.84 Å². The first kappa shape index (κ1) is 18.6. The predicted molar refractivity (Wildman–Crippen MR) is 107 cm³/mol. The molecule has 27 heavy (non-hydrogen) atoms. The van der Waals surface area contributed by atoms with Crippen LogP contribution in [0.1, 0.15) is 16.7 Å². The minimum absolute atomic E-state index is 0.0356. The Bertz CT molecular complexity index is 997. The Morgan fingerprint density at radius 2 is 1.93 bits per heavy atom. The molecule has 0 spiro atoms. The summed E-state index contributed by atoms with van der Waals surface area (Å²) in [6, 6.07) is 10.2. The summed E-state index contributed by atoms with van der Waals surface area (Å²) in [6.45, 7) is 3.83. The van der Waals surface area contributed by atoms with Crippen molar-refractivity contribution >= 4 is 40.9 Å². The molecule has 2 N–H and O–H groups in total. The van der Waals surface area contributed by atoms with Crippen LogP contribution in [0.3, 0.4) is 0 Å². The summed E-state index contributed by atoms with van der Waals surface area (Å²) in [5, 5.41) is 12.5. The van der Waals surface area contributed by atoms with Crippen molar-refractivity contribution in [2.75, 3.05) is 12.0 Å². The van der Waals surface area contributed by atoms with Crippen molar-refractivity contribution in [2.45, 2.75) is 13.8 Å². The maximum Gasteiger partial charge on any atom is 0.270 e. The Hall–Kier alpha value is -3.19. The largest absolute Gasteiger partial charge is 0.504 e. The normalized spacial score (nSPS) is 15.9. The number of aromatic hydroxyl groups is 1. The number of hydrogen-bond acceptors (Lipinski definition) is 5. The van der Waals surface area contributed by atoms with Crippen molar-refractivity contribution in [1.82, 2.24) is 5.32 Å². The number of ether oxygens (including phenoxy) is 1. The number of hydrogen-bond donors (Lipinski definition) is 2. The molecule has 7 heteroatoms. The van der Waals surface area contributed by atoms with Crippen LogP contribution in [0.15, 0.2) is 42.0 Å². The van der Waals surface area contributed by atoms with E-state index >= 15 is 0 Å². The third-order valence-corrected chi connectivity index (χ3v) is 4.72. The van der Waals surface area contributed by atoms with Gasteiger partial charge in [-0.05, 0) is 67.0 Å². The van der Waals surface area contributed by atoms with Gasteiger partial charge in [-0.3, -0.25) is 19.8 Å². The topological polar surface area (TPSA) is 78.9 Å². The van der Waals surface area contributed by atoms with E-state index in [0.717, 1.165) is 11.1 Å². The van der Waals surface area contributed by atoms with E-state index in [1.54, 1.807) is 18.2 Å². The zero-order chi connectivity index (χ0) is 19.7. The number of carbonyl (C=O) groups is 2. The first-order chi connectivity index (χ1) is 12.8. The molecule has 3 rings (SSSR count). The molecule has 0 unspecified atom stereocenters. The molecule has 1 fully saturated rings. The Kier molecular flexibility index (Phi) is 4.96. The molecule has 2 amide bonds. The highest BCUT2D eigenvalue weighted by molar-refractivity contribution is 7.80. The SMILES string of the molecule is COc1ccc(C=C2C(=O)NC(=S)N(c3cccc(C)c3C)C2=O)cc1O. The van der Waals surface area contributed by atoms with Gasteiger partial charge in [-0.25, -0.2) is 0 Å². The van der Waals surface area contributed by atoms with Gasteiger partial charge in [-0.2, -0.15) is 0 Å². The quantitative estimate of drug-likeness (QED) is 0.485. The summed E-state index contributed by atoms with van der Waals surface area (Å²) in [5.74, 6) is -0.887. The summed E-state index contributed by atoms with van der Waals surface area (Å²) in [5.41, 5.74) is 2.93. The van der Waals surface area contributed by atoms with Gasteiger partial charge in [-0.15, -0.1) is 0 Å².